The maximum atomic E-state index is 3.67. The molecule has 0 spiro atoms. The zero-order valence-corrected chi connectivity index (χ0v) is 12.7. The maximum Gasteiger partial charge on any atom is 0.0278 e. The van der Waals surface area contributed by atoms with Crippen LogP contribution in [0.2, 0.25) is 0 Å². The fraction of sp³-hybridized carbons (Fsp3) is 1.00. The summed E-state index contributed by atoms with van der Waals surface area (Å²) in [6.07, 6.45) is 2.62. The predicted octanol–water partition coefficient (Wildman–Crippen LogP) is 1.79. The lowest BCUT2D eigenvalue weighted by Gasteiger charge is -2.42. The third-order valence-corrected chi connectivity index (χ3v) is 4.90. The highest BCUT2D eigenvalue weighted by Gasteiger charge is 2.31. The van der Waals surface area contributed by atoms with Gasteiger partial charge >= 0.3 is 0 Å². The van der Waals surface area contributed by atoms with Gasteiger partial charge in [0.05, 0.1) is 0 Å². The first-order chi connectivity index (χ1) is 8.52. The first kappa shape index (κ1) is 14.3. The molecule has 2 aliphatic heterocycles. The van der Waals surface area contributed by atoms with E-state index in [9.17, 15) is 0 Å². The second-order valence-electron chi connectivity index (χ2n) is 6.82. The number of piperazine rings is 1. The molecule has 0 amide bonds. The Bertz CT molecular complexity index is 266. The minimum Gasteiger partial charge on any atom is -0.309 e. The monoisotopic (exact) mass is 253 g/mol. The Labute approximate surface area is 113 Å². The SMILES string of the molecule is CCC1(C)CN(CC2CCN(C(C)C)C2)CCN1. The van der Waals surface area contributed by atoms with E-state index in [1.165, 1.54) is 45.6 Å². The molecule has 106 valence electrons. The highest BCUT2D eigenvalue weighted by molar-refractivity contribution is 4.91. The number of rotatable bonds is 4. The van der Waals surface area contributed by atoms with Crippen LogP contribution in [0.15, 0.2) is 0 Å². The number of hydrogen-bond donors (Lipinski definition) is 1. The lowest BCUT2D eigenvalue weighted by Crippen LogP contribution is -2.59. The third-order valence-electron chi connectivity index (χ3n) is 4.90. The largest absolute Gasteiger partial charge is 0.309 e. The van der Waals surface area contributed by atoms with Crippen LogP contribution in [0.4, 0.5) is 0 Å². The van der Waals surface area contributed by atoms with Gasteiger partial charge in [-0.05, 0) is 46.1 Å². The topological polar surface area (TPSA) is 18.5 Å². The molecule has 2 fully saturated rings. The molecule has 3 nitrogen and oxygen atoms in total. The van der Waals surface area contributed by atoms with Gasteiger partial charge in [0.1, 0.15) is 0 Å². The molecule has 0 aliphatic carbocycles. The zero-order chi connectivity index (χ0) is 13.2. The first-order valence-corrected chi connectivity index (χ1v) is 7.74. The Morgan fingerprint density at radius 3 is 2.72 bits per heavy atom. The van der Waals surface area contributed by atoms with Crippen molar-refractivity contribution < 1.29 is 0 Å². The highest BCUT2D eigenvalue weighted by atomic mass is 15.2. The smallest absolute Gasteiger partial charge is 0.0278 e. The van der Waals surface area contributed by atoms with Crippen LogP contribution >= 0.6 is 0 Å². The molecular formula is C15H31N3. The molecule has 0 radical (unpaired) electrons. The summed E-state index contributed by atoms with van der Waals surface area (Å²) in [7, 11) is 0. The molecule has 2 atom stereocenters. The summed E-state index contributed by atoms with van der Waals surface area (Å²) in [6.45, 7) is 16.8. The van der Waals surface area contributed by atoms with Crippen molar-refractivity contribution in [3.63, 3.8) is 0 Å². The van der Waals surface area contributed by atoms with Gasteiger partial charge in [-0.15, -0.1) is 0 Å². The van der Waals surface area contributed by atoms with Gasteiger partial charge in [-0.2, -0.15) is 0 Å². The van der Waals surface area contributed by atoms with E-state index in [1.807, 2.05) is 0 Å². The van der Waals surface area contributed by atoms with E-state index in [2.05, 4.69) is 42.8 Å². The van der Waals surface area contributed by atoms with Gasteiger partial charge in [-0.1, -0.05) is 6.92 Å². The molecule has 18 heavy (non-hydrogen) atoms. The summed E-state index contributed by atoms with van der Waals surface area (Å²) in [4.78, 5) is 5.32. The first-order valence-electron chi connectivity index (χ1n) is 7.74. The second-order valence-corrected chi connectivity index (χ2v) is 6.82. The fourth-order valence-corrected chi connectivity index (χ4v) is 3.38. The minimum absolute atomic E-state index is 0.342. The van der Waals surface area contributed by atoms with Crippen LogP contribution in [0.3, 0.4) is 0 Å². The van der Waals surface area contributed by atoms with Gasteiger partial charge in [0.2, 0.25) is 0 Å². The van der Waals surface area contributed by atoms with Crippen LogP contribution in [0.1, 0.15) is 40.5 Å². The van der Waals surface area contributed by atoms with Crippen LogP contribution < -0.4 is 5.32 Å². The molecule has 2 rings (SSSR count). The van der Waals surface area contributed by atoms with Crippen molar-refractivity contribution in [2.75, 3.05) is 39.3 Å². The van der Waals surface area contributed by atoms with Crippen molar-refractivity contribution in [2.24, 2.45) is 5.92 Å². The van der Waals surface area contributed by atoms with Crippen LogP contribution in [0, 0.1) is 5.92 Å². The van der Waals surface area contributed by atoms with E-state index >= 15 is 0 Å². The van der Waals surface area contributed by atoms with E-state index in [0.717, 1.165) is 18.5 Å². The van der Waals surface area contributed by atoms with Crippen molar-refractivity contribution in [3.05, 3.63) is 0 Å². The molecular weight excluding hydrogens is 222 g/mol. The maximum absolute atomic E-state index is 3.67. The number of hydrogen-bond acceptors (Lipinski definition) is 3. The molecule has 2 aliphatic rings. The lowest BCUT2D eigenvalue weighted by atomic mass is 9.95. The average molecular weight is 253 g/mol. The highest BCUT2D eigenvalue weighted by Crippen LogP contribution is 2.22. The average Bonchev–Trinajstić information content (AvgIpc) is 2.78. The van der Waals surface area contributed by atoms with E-state index in [4.69, 9.17) is 0 Å². The normalized spacial score (nSPS) is 35.5. The molecule has 0 saturated carbocycles. The summed E-state index contributed by atoms with van der Waals surface area (Å²) in [5, 5.41) is 3.67. The molecule has 0 aromatic carbocycles. The molecule has 2 heterocycles. The number of nitrogens with one attached hydrogen (secondary N) is 1. The van der Waals surface area contributed by atoms with Gasteiger partial charge in [0.15, 0.2) is 0 Å². The Morgan fingerprint density at radius 2 is 2.11 bits per heavy atom. The van der Waals surface area contributed by atoms with Gasteiger partial charge in [0.25, 0.3) is 0 Å². The predicted molar refractivity (Wildman–Crippen MR) is 78.0 cm³/mol. The second kappa shape index (κ2) is 5.89. The lowest BCUT2D eigenvalue weighted by molar-refractivity contribution is 0.121. The molecule has 1 N–H and O–H groups in total. The fourth-order valence-electron chi connectivity index (χ4n) is 3.38. The molecule has 2 unspecified atom stereocenters. The molecule has 0 aromatic heterocycles. The summed E-state index contributed by atoms with van der Waals surface area (Å²) in [5.74, 6) is 0.895. The van der Waals surface area contributed by atoms with Gasteiger partial charge in [-0.3, -0.25) is 4.90 Å². The van der Waals surface area contributed by atoms with E-state index in [1.54, 1.807) is 0 Å². The van der Waals surface area contributed by atoms with E-state index in [0.29, 0.717) is 5.54 Å². The van der Waals surface area contributed by atoms with Crippen molar-refractivity contribution in [1.82, 2.24) is 15.1 Å². The van der Waals surface area contributed by atoms with Crippen molar-refractivity contribution in [2.45, 2.75) is 52.1 Å². The molecule has 0 bridgehead atoms. The van der Waals surface area contributed by atoms with Crippen LogP contribution in [-0.2, 0) is 0 Å². The molecule has 3 heteroatoms. The van der Waals surface area contributed by atoms with Gasteiger partial charge < -0.3 is 10.2 Å². The Balaban J connectivity index is 1.80. The van der Waals surface area contributed by atoms with Crippen LogP contribution in [0.25, 0.3) is 0 Å². The van der Waals surface area contributed by atoms with E-state index in [-0.39, 0.29) is 0 Å². The van der Waals surface area contributed by atoms with Gasteiger partial charge in [0, 0.05) is 44.3 Å². The van der Waals surface area contributed by atoms with E-state index < -0.39 is 0 Å². The van der Waals surface area contributed by atoms with Crippen LogP contribution in [0.5, 0.6) is 0 Å². The van der Waals surface area contributed by atoms with Crippen molar-refractivity contribution in [3.8, 4) is 0 Å². The quantitative estimate of drug-likeness (QED) is 0.824. The third kappa shape index (κ3) is 3.46. The summed E-state index contributed by atoms with van der Waals surface area (Å²) in [5.41, 5.74) is 0.342. The Morgan fingerprint density at radius 1 is 1.33 bits per heavy atom. The van der Waals surface area contributed by atoms with Gasteiger partial charge in [-0.25, -0.2) is 0 Å². The summed E-state index contributed by atoms with van der Waals surface area (Å²) >= 11 is 0. The molecule has 2 saturated heterocycles. The summed E-state index contributed by atoms with van der Waals surface area (Å²) in [6, 6.07) is 0.721. The zero-order valence-electron chi connectivity index (χ0n) is 12.7. The summed E-state index contributed by atoms with van der Waals surface area (Å²) < 4.78 is 0. The molecule has 0 aromatic rings. The standard InChI is InChI=1S/C15H31N3/c1-5-15(4)12-17(9-7-16-15)10-14-6-8-18(11-14)13(2)3/h13-14,16H,5-12H2,1-4H3. The van der Waals surface area contributed by atoms with Crippen molar-refractivity contribution >= 4 is 0 Å². The van der Waals surface area contributed by atoms with Crippen molar-refractivity contribution in [1.29, 1.82) is 0 Å². The Hall–Kier alpha value is -0.120. The number of likely N-dealkylation sites (tertiary alicyclic amines) is 1. The number of nitrogens with zero attached hydrogens (tertiary/aromatic N) is 2. The van der Waals surface area contributed by atoms with Crippen LogP contribution in [-0.4, -0.2) is 60.6 Å². The minimum atomic E-state index is 0.342. The Kier molecular flexibility index (Phi) is 4.68.